The largest absolute Gasteiger partial charge is 0.383 e. The van der Waals surface area contributed by atoms with Crippen LogP contribution in [0.15, 0.2) is 79.3 Å². The fourth-order valence-electron chi connectivity index (χ4n) is 4.02. The van der Waals surface area contributed by atoms with Crippen LogP contribution in [0.2, 0.25) is 0 Å². The minimum atomic E-state index is 0.464. The van der Waals surface area contributed by atoms with Gasteiger partial charge in [0.2, 0.25) is 0 Å². The smallest absolute Gasteiger partial charge is 0.160 e. The molecule has 0 saturated carbocycles. The topological polar surface area (TPSA) is 82.5 Å². The summed E-state index contributed by atoms with van der Waals surface area (Å²) in [6.07, 6.45) is 9.67. The van der Waals surface area contributed by atoms with E-state index in [1.807, 2.05) is 60.1 Å². The maximum absolute atomic E-state index is 6.28. The first-order valence-electron chi connectivity index (χ1n) is 10.0. The van der Waals surface area contributed by atoms with Crippen molar-refractivity contribution >= 4 is 33.5 Å². The predicted molar refractivity (Wildman–Crippen MR) is 124 cm³/mol. The van der Waals surface area contributed by atoms with Crippen molar-refractivity contribution < 1.29 is 0 Å². The molecule has 1 aliphatic carbocycles. The SMILES string of the molecule is Cc1nc(-c2ccccc2)nc2cc(-c3cn(C4=CC=C4)c4ncnc(N)c34)ccc12. The van der Waals surface area contributed by atoms with Gasteiger partial charge in [0.1, 0.15) is 12.1 Å². The number of benzene rings is 2. The first-order chi connectivity index (χ1) is 15.2. The first kappa shape index (κ1) is 17.5. The van der Waals surface area contributed by atoms with Crippen LogP contribution in [0.5, 0.6) is 0 Å². The van der Waals surface area contributed by atoms with Gasteiger partial charge in [-0.1, -0.05) is 48.5 Å². The third-order valence-electron chi connectivity index (χ3n) is 5.65. The Hall–Kier alpha value is -4.32. The minimum Gasteiger partial charge on any atom is -0.383 e. The second-order valence-corrected chi connectivity index (χ2v) is 7.55. The van der Waals surface area contributed by atoms with Gasteiger partial charge >= 0.3 is 0 Å². The number of nitrogen functional groups attached to an aromatic ring is 1. The summed E-state index contributed by atoms with van der Waals surface area (Å²) in [7, 11) is 0. The number of aromatic nitrogens is 5. The lowest BCUT2D eigenvalue weighted by molar-refractivity contribution is 1.10. The van der Waals surface area contributed by atoms with E-state index in [1.54, 1.807) is 0 Å². The lowest BCUT2D eigenvalue weighted by Gasteiger charge is -2.09. The zero-order valence-electron chi connectivity index (χ0n) is 16.8. The number of anilines is 1. The van der Waals surface area contributed by atoms with Gasteiger partial charge in [0.05, 0.1) is 10.9 Å². The van der Waals surface area contributed by atoms with Crippen LogP contribution >= 0.6 is 0 Å². The van der Waals surface area contributed by atoms with Gasteiger partial charge in [0.15, 0.2) is 11.5 Å². The molecule has 6 rings (SSSR count). The highest BCUT2D eigenvalue weighted by atomic mass is 15.1. The highest BCUT2D eigenvalue weighted by molar-refractivity contribution is 6.04. The highest BCUT2D eigenvalue weighted by Crippen LogP contribution is 2.36. The van der Waals surface area contributed by atoms with E-state index in [0.717, 1.165) is 55.8 Å². The van der Waals surface area contributed by atoms with E-state index in [2.05, 4.69) is 34.4 Å². The minimum absolute atomic E-state index is 0.464. The normalized spacial score (nSPS) is 12.9. The second-order valence-electron chi connectivity index (χ2n) is 7.55. The monoisotopic (exact) mass is 402 g/mol. The molecule has 0 aliphatic heterocycles. The predicted octanol–water partition coefficient (Wildman–Crippen LogP) is 5.01. The van der Waals surface area contributed by atoms with Crippen molar-refractivity contribution in [1.82, 2.24) is 24.5 Å². The molecule has 0 atom stereocenters. The summed E-state index contributed by atoms with van der Waals surface area (Å²) in [5, 5.41) is 1.87. The van der Waals surface area contributed by atoms with Crippen molar-refractivity contribution in [2.45, 2.75) is 6.92 Å². The molecule has 0 unspecified atom stereocenters. The number of rotatable bonds is 3. The van der Waals surface area contributed by atoms with Crippen molar-refractivity contribution in [1.29, 1.82) is 0 Å². The van der Waals surface area contributed by atoms with E-state index in [9.17, 15) is 0 Å². The summed E-state index contributed by atoms with van der Waals surface area (Å²) >= 11 is 0. The average Bonchev–Trinajstić information content (AvgIpc) is 3.13. The van der Waals surface area contributed by atoms with Gasteiger partial charge in [-0.25, -0.2) is 19.9 Å². The Labute approximate surface area is 178 Å². The standard InChI is InChI=1S/C25H18N6/c1-15-19-11-10-17(12-21(19)30-24(29-15)16-6-3-2-4-7-16)20-13-31(18-8-5-9-18)25-22(20)23(26)27-14-28-25/h2-14H,1H3,(H2,26,27,28). The molecule has 0 radical (unpaired) electrons. The molecule has 148 valence electrons. The third kappa shape index (κ3) is 2.73. The van der Waals surface area contributed by atoms with Gasteiger partial charge in [0, 0.05) is 34.1 Å². The molecule has 5 aromatic rings. The molecule has 0 fully saturated rings. The molecule has 31 heavy (non-hydrogen) atoms. The molecule has 3 heterocycles. The third-order valence-corrected chi connectivity index (χ3v) is 5.65. The van der Waals surface area contributed by atoms with Gasteiger partial charge in [-0.2, -0.15) is 0 Å². The Balaban J connectivity index is 1.58. The van der Waals surface area contributed by atoms with Crippen molar-refractivity contribution in [3.63, 3.8) is 0 Å². The Morgan fingerprint density at radius 1 is 0.935 bits per heavy atom. The van der Waals surface area contributed by atoms with E-state index in [-0.39, 0.29) is 0 Å². The van der Waals surface area contributed by atoms with Gasteiger partial charge in [-0.05, 0) is 30.7 Å². The highest BCUT2D eigenvalue weighted by Gasteiger charge is 2.18. The van der Waals surface area contributed by atoms with Crippen LogP contribution in [0.25, 0.3) is 50.1 Å². The fourth-order valence-corrected chi connectivity index (χ4v) is 4.02. The maximum Gasteiger partial charge on any atom is 0.160 e. The number of fused-ring (bicyclic) bond motifs is 2. The number of nitrogens with zero attached hydrogens (tertiary/aromatic N) is 5. The fraction of sp³-hybridized carbons (Fsp3) is 0.0400. The Kier molecular flexibility index (Phi) is 3.73. The van der Waals surface area contributed by atoms with Gasteiger partial charge in [-0.3, -0.25) is 0 Å². The van der Waals surface area contributed by atoms with Crippen LogP contribution in [0, 0.1) is 6.92 Å². The van der Waals surface area contributed by atoms with E-state index >= 15 is 0 Å². The lowest BCUT2D eigenvalue weighted by atomic mass is 10.0. The average molecular weight is 402 g/mol. The van der Waals surface area contributed by atoms with E-state index in [0.29, 0.717) is 5.82 Å². The molecule has 2 N–H and O–H groups in total. The molecule has 2 aromatic carbocycles. The van der Waals surface area contributed by atoms with Gasteiger partial charge < -0.3 is 10.3 Å². The van der Waals surface area contributed by atoms with Crippen LogP contribution in [0.1, 0.15) is 5.69 Å². The van der Waals surface area contributed by atoms with Crippen LogP contribution in [0.3, 0.4) is 0 Å². The van der Waals surface area contributed by atoms with Crippen LogP contribution in [0.4, 0.5) is 5.82 Å². The molecular formula is C25H18N6. The van der Waals surface area contributed by atoms with E-state index in [1.165, 1.54) is 6.33 Å². The number of allylic oxidation sites excluding steroid dienone is 4. The summed E-state index contributed by atoms with van der Waals surface area (Å²) in [4.78, 5) is 18.3. The van der Waals surface area contributed by atoms with Crippen molar-refractivity contribution in [2.24, 2.45) is 0 Å². The summed E-state index contributed by atoms with van der Waals surface area (Å²) in [6, 6.07) is 16.3. The Morgan fingerprint density at radius 3 is 2.55 bits per heavy atom. The zero-order chi connectivity index (χ0) is 20.9. The molecule has 0 saturated heterocycles. The summed E-state index contributed by atoms with van der Waals surface area (Å²) < 4.78 is 2.05. The summed E-state index contributed by atoms with van der Waals surface area (Å²) in [5.74, 6) is 1.18. The molecule has 6 nitrogen and oxygen atoms in total. The van der Waals surface area contributed by atoms with Crippen LogP contribution in [-0.4, -0.2) is 24.5 Å². The lowest BCUT2D eigenvalue weighted by Crippen LogP contribution is -1.99. The number of nitrogens with two attached hydrogens (primary N) is 1. The number of hydrogen-bond donors (Lipinski definition) is 1. The van der Waals surface area contributed by atoms with Gasteiger partial charge in [-0.15, -0.1) is 0 Å². The molecule has 0 bridgehead atoms. The molecule has 3 aromatic heterocycles. The van der Waals surface area contributed by atoms with Crippen molar-refractivity contribution in [3.05, 3.63) is 85.0 Å². The number of hydrogen-bond acceptors (Lipinski definition) is 5. The van der Waals surface area contributed by atoms with Crippen molar-refractivity contribution in [2.75, 3.05) is 5.73 Å². The van der Waals surface area contributed by atoms with Crippen LogP contribution < -0.4 is 5.73 Å². The van der Waals surface area contributed by atoms with E-state index in [4.69, 9.17) is 15.7 Å². The Bertz CT molecular complexity index is 1540. The summed E-state index contributed by atoms with van der Waals surface area (Å²) in [5.41, 5.74) is 13.0. The van der Waals surface area contributed by atoms with Crippen LogP contribution in [-0.2, 0) is 0 Å². The Morgan fingerprint density at radius 2 is 1.77 bits per heavy atom. The second kappa shape index (κ2) is 6.60. The summed E-state index contributed by atoms with van der Waals surface area (Å²) in [6.45, 7) is 2.02. The van der Waals surface area contributed by atoms with Gasteiger partial charge in [0.25, 0.3) is 0 Å². The van der Waals surface area contributed by atoms with Crippen molar-refractivity contribution in [3.8, 4) is 22.5 Å². The zero-order valence-corrected chi connectivity index (χ0v) is 16.8. The molecule has 0 amide bonds. The molecular weight excluding hydrogens is 384 g/mol. The quantitative estimate of drug-likeness (QED) is 0.459. The number of aryl methyl sites for hydroxylation is 1. The maximum atomic E-state index is 6.28. The van der Waals surface area contributed by atoms with E-state index < -0.39 is 0 Å². The molecule has 6 heteroatoms. The molecule has 0 spiro atoms. The molecule has 1 aliphatic rings. The first-order valence-corrected chi connectivity index (χ1v) is 10.0.